The molecule has 2 aromatic carbocycles. The van der Waals surface area contributed by atoms with Gasteiger partial charge < -0.3 is 14.4 Å². The second-order valence-corrected chi connectivity index (χ2v) is 8.31. The molecule has 0 bridgehead atoms. The Hall–Kier alpha value is -2.79. The zero-order chi connectivity index (χ0) is 22.1. The van der Waals surface area contributed by atoms with Crippen LogP contribution in [0.25, 0.3) is 11.3 Å². The van der Waals surface area contributed by atoms with Gasteiger partial charge in [-0.1, -0.05) is 39.3 Å². The molecule has 3 aromatic rings. The number of hydrogen-bond acceptors (Lipinski definition) is 4. The van der Waals surface area contributed by atoms with Gasteiger partial charge in [-0.2, -0.15) is 5.10 Å². The second-order valence-electron chi connectivity index (χ2n) is 8.31. The molecule has 0 aliphatic heterocycles. The maximum absolute atomic E-state index is 5.86. The zero-order valence-corrected chi connectivity index (χ0v) is 19.2. The van der Waals surface area contributed by atoms with Gasteiger partial charge in [0.15, 0.2) is 0 Å². The first-order chi connectivity index (χ1) is 15.1. The summed E-state index contributed by atoms with van der Waals surface area (Å²) < 4.78 is 11.7. The molecule has 3 rings (SSSR count). The molecule has 0 saturated carbocycles. The zero-order valence-electron chi connectivity index (χ0n) is 19.2. The third kappa shape index (κ3) is 6.86. The summed E-state index contributed by atoms with van der Waals surface area (Å²) in [7, 11) is 2.16. The lowest BCUT2D eigenvalue weighted by molar-refractivity contribution is 0.217. The summed E-state index contributed by atoms with van der Waals surface area (Å²) in [4.78, 5) is 2.34. The van der Waals surface area contributed by atoms with Gasteiger partial charge in [0.25, 0.3) is 0 Å². The summed E-state index contributed by atoms with van der Waals surface area (Å²) in [6.45, 7) is 9.58. The van der Waals surface area contributed by atoms with Gasteiger partial charge in [0.05, 0.1) is 11.9 Å². The molecular weight excluding hydrogens is 386 g/mol. The molecule has 0 radical (unpaired) electrons. The van der Waals surface area contributed by atoms with Gasteiger partial charge in [-0.05, 0) is 67.9 Å². The minimum absolute atomic E-state index is 0.491. The van der Waals surface area contributed by atoms with Gasteiger partial charge in [-0.3, -0.25) is 5.10 Å². The molecular formula is C26H35N3O2. The van der Waals surface area contributed by atoms with Crippen molar-refractivity contribution in [1.82, 2.24) is 15.1 Å². The van der Waals surface area contributed by atoms with Crippen molar-refractivity contribution in [3.63, 3.8) is 0 Å². The standard InChI is InChI=1S/C26H35N3O2/c1-5-6-14-29(4)19-23-18-27-28-26(23)21-10-12-24(13-11-21)30-15-16-31-25-9-7-8-22(17-25)20(2)3/h7-13,17-18,20H,5-6,14-16,19H2,1-4H3,(H,27,28). The fourth-order valence-electron chi connectivity index (χ4n) is 3.48. The van der Waals surface area contributed by atoms with Crippen molar-refractivity contribution < 1.29 is 9.47 Å². The van der Waals surface area contributed by atoms with Crippen LogP contribution >= 0.6 is 0 Å². The van der Waals surface area contributed by atoms with Crippen molar-refractivity contribution in [1.29, 1.82) is 0 Å². The lowest BCUT2D eigenvalue weighted by Gasteiger charge is -2.16. The largest absolute Gasteiger partial charge is 0.490 e. The average molecular weight is 422 g/mol. The molecule has 1 N–H and O–H groups in total. The molecule has 0 fully saturated rings. The number of aromatic amines is 1. The number of aromatic nitrogens is 2. The van der Waals surface area contributed by atoms with E-state index in [2.05, 4.69) is 67.2 Å². The van der Waals surface area contributed by atoms with Gasteiger partial charge in [0, 0.05) is 17.7 Å². The van der Waals surface area contributed by atoms with Crippen molar-refractivity contribution in [3.05, 3.63) is 65.9 Å². The van der Waals surface area contributed by atoms with Gasteiger partial charge in [-0.15, -0.1) is 0 Å². The Morgan fingerprint density at radius 1 is 1.00 bits per heavy atom. The quantitative estimate of drug-likeness (QED) is 0.371. The van der Waals surface area contributed by atoms with E-state index in [9.17, 15) is 0 Å². The second kappa shape index (κ2) is 11.6. The van der Waals surface area contributed by atoms with Crippen molar-refractivity contribution in [2.45, 2.75) is 46.1 Å². The van der Waals surface area contributed by atoms with Crippen molar-refractivity contribution in [2.75, 3.05) is 26.8 Å². The third-order valence-electron chi connectivity index (χ3n) is 5.34. The van der Waals surface area contributed by atoms with Crippen LogP contribution in [0.2, 0.25) is 0 Å². The highest BCUT2D eigenvalue weighted by Crippen LogP contribution is 2.25. The maximum atomic E-state index is 5.86. The predicted octanol–water partition coefficient (Wildman–Crippen LogP) is 5.89. The Kier molecular flexibility index (Phi) is 8.53. The van der Waals surface area contributed by atoms with E-state index in [-0.39, 0.29) is 0 Å². The normalized spacial score (nSPS) is 11.3. The van der Waals surface area contributed by atoms with Crippen LogP contribution in [0, 0.1) is 0 Å². The first kappa shape index (κ1) is 22.9. The maximum Gasteiger partial charge on any atom is 0.122 e. The highest BCUT2D eigenvalue weighted by molar-refractivity contribution is 5.63. The van der Waals surface area contributed by atoms with Gasteiger partial charge in [0.2, 0.25) is 0 Å². The van der Waals surface area contributed by atoms with Crippen LogP contribution in [0.15, 0.2) is 54.7 Å². The van der Waals surface area contributed by atoms with Gasteiger partial charge in [-0.25, -0.2) is 0 Å². The van der Waals surface area contributed by atoms with Crippen LogP contribution in [-0.2, 0) is 6.54 Å². The third-order valence-corrected chi connectivity index (χ3v) is 5.34. The molecule has 166 valence electrons. The van der Waals surface area contributed by atoms with Gasteiger partial charge in [0.1, 0.15) is 24.7 Å². The molecule has 1 aromatic heterocycles. The number of benzene rings is 2. The van der Waals surface area contributed by atoms with Crippen LogP contribution in [-0.4, -0.2) is 41.9 Å². The van der Waals surface area contributed by atoms with E-state index in [1.54, 1.807) is 0 Å². The van der Waals surface area contributed by atoms with E-state index in [1.165, 1.54) is 24.0 Å². The Balaban J connectivity index is 1.50. The van der Waals surface area contributed by atoms with Crippen LogP contribution < -0.4 is 9.47 Å². The van der Waals surface area contributed by atoms with Gasteiger partial charge >= 0.3 is 0 Å². The topological polar surface area (TPSA) is 50.4 Å². The fourth-order valence-corrected chi connectivity index (χ4v) is 3.48. The van der Waals surface area contributed by atoms with E-state index >= 15 is 0 Å². The molecule has 0 atom stereocenters. The number of rotatable bonds is 12. The number of ether oxygens (including phenoxy) is 2. The molecule has 31 heavy (non-hydrogen) atoms. The van der Waals surface area contributed by atoms with E-state index in [1.807, 2.05) is 30.5 Å². The average Bonchev–Trinajstić information content (AvgIpc) is 3.24. The van der Waals surface area contributed by atoms with Crippen molar-refractivity contribution >= 4 is 0 Å². The number of hydrogen-bond donors (Lipinski definition) is 1. The number of unbranched alkanes of at least 4 members (excludes halogenated alkanes) is 1. The monoisotopic (exact) mass is 421 g/mol. The molecule has 0 aliphatic carbocycles. The molecule has 1 heterocycles. The number of H-pyrrole nitrogens is 1. The van der Waals surface area contributed by atoms with Crippen LogP contribution in [0.3, 0.4) is 0 Å². The van der Waals surface area contributed by atoms with Crippen molar-refractivity contribution in [3.8, 4) is 22.8 Å². The first-order valence-corrected chi connectivity index (χ1v) is 11.2. The van der Waals surface area contributed by atoms with Crippen molar-refractivity contribution in [2.24, 2.45) is 0 Å². The van der Waals surface area contributed by atoms with Crippen LogP contribution in [0.4, 0.5) is 0 Å². The Morgan fingerprint density at radius 2 is 1.74 bits per heavy atom. The molecule has 5 nitrogen and oxygen atoms in total. The Labute approximate surface area is 186 Å². The number of nitrogens with one attached hydrogen (secondary N) is 1. The minimum atomic E-state index is 0.491. The Bertz CT molecular complexity index is 918. The summed E-state index contributed by atoms with van der Waals surface area (Å²) in [6.07, 6.45) is 4.34. The lowest BCUT2D eigenvalue weighted by atomic mass is 10.0. The number of nitrogens with zero attached hydrogens (tertiary/aromatic N) is 2. The van der Waals surface area contributed by atoms with Crippen LogP contribution in [0.5, 0.6) is 11.5 Å². The highest BCUT2D eigenvalue weighted by Gasteiger charge is 2.10. The molecule has 0 aliphatic rings. The van der Waals surface area contributed by atoms with E-state index in [0.29, 0.717) is 19.1 Å². The summed E-state index contributed by atoms with van der Waals surface area (Å²) >= 11 is 0. The summed E-state index contributed by atoms with van der Waals surface area (Å²) in [5.41, 5.74) is 4.68. The molecule has 0 amide bonds. The summed E-state index contributed by atoms with van der Waals surface area (Å²) in [5, 5.41) is 7.41. The fraction of sp³-hybridized carbons (Fsp3) is 0.423. The predicted molar refractivity (Wildman–Crippen MR) is 127 cm³/mol. The van der Waals surface area contributed by atoms with E-state index < -0.39 is 0 Å². The lowest BCUT2D eigenvalue weighted by Crippen LogP contribution is -2.19. The SMILES string of the molecule is CCCCN(C)Cc1cn[nH]c1-c1ccc(OCCOc2cccc(C(C)C)c2)cc1. The molecule has 0 spiro atoms. The Morgan fingerprint density at radius 3 is 2.45 bits per heavy atom. The van der Waals surface area contributed by atoms with E-state index in [0.717, 1.165) is 35.8 Å². The first-order valence-electron chi connectivity index (χ1n) is 11.2. The molecule has 0 unspecified atom stereocenters. The minimum Gasteiger partial charge on any atom is -0.490 e. The molecule has 0 saturated heterocycles. The molecule has 5 heteroatoms. The smallest absolute Gasteiger partial charge is 0.122 e. The highest BCUT2D eigenvalue weighted by atomic mass is 16.5. The van der Waals surface area contributed by atoms with Crippen LogP contribution in [0.1, 0.15) is 50.7 Å². The summed E-state index contributed by atoms with van der Waals surface area (Å²) in [6, 6.07) is 16.4. The summed E-state index contributed by atoms with van der Waals surface area (Å²) in [5.74, 6) is 2.22. The van der Waals surface area contributed by atoms with E-state index in [4.69, 9.17) is 9.47 Å².